The molecule has 3 heteroatoms. The van der Waals surface area contributed by atoms with Crippen LogP contribution in [0.25, 0.3) is 0 Å². The number of rotatable bonds is 9. The van der Waals surface area contributed by atoms with E-state index in [9.17, 15) is 4.79 Å². The van der Waals surface area contributed by atoms with Gasteiger partial charge in [0.15, 0.2) is 0 Å². The summed E-state index contributed by atoms with van der Waals surface area (Å²) < 4.78 is 0. The molecule has 0 aromatic heterocycles. The minimum Gasteiger partial charge on any atom is -0.356 e. The first-order valence-electron chi connectivity index (χ1n) is 6.68. The Kier molecular flexibility index (Phi) is 9.30. The number of hydrogen-bond donors (Lipinski definition) is 2. The Morgan fingerprint density at radius 1 is 1.12 bits per heavy atom. The maximum absolute atomic E-state index is 11.8. The predicted octanol–water partition coefficient (Wildman–Crippen LogP) is 2.45. The van der Waals surface area contributed by atoms with Gasteiger partial charge in [0, 0.05) is 18.5 Å². The third kappa shape index (κ3) is 6.83. The van der Waals surface area contributed by atoms with E-state index in [4.69, 9.17) is 5.73 Å². The summed E-state index contributed by atoms with van der Waals surface area (Å²) in [6.07, 6.45) is 6.01. The lowest BCUT2D eigenvalue weighted by atomic mass is 9.97. The van der Waals surface area contributed by atoms with Crippen LogP contribution in [0.3, 0.4) is 0 Å². The Hall–Kier alpha value is -0.570. The number of carbonyl (C=O) groups excluding carboxylic acids is 1. The molecule has 0 heterocycles. The molecule has 1 atom stereocenters. The molecule has 0 bridgehead atoms. The molecule has 0 fully saturated rings. The highest BCUT2D eigenvalue weighted by Crippen LogP contribution is 2.13. The molecule has 0 saturated carbocycles. The Labute approximate surface area is 100 Å². The molecule has 0 rings (SSSR count). The maximum atomic E-state index is 11.8. The van der Waals surface area contributed by atoms with Crippen LogP contribution in [0.2, 0.25) is 0 Å². The van der Waals surface area contributed by atoms with Crippen molar-refractivity contribution in [2.24, 2.45) is 11.7 Å². The molecule has 0 aliphatic rings. The highest BCUT2D eigenvalue weighted by atomic mass is 16.1. The van der Waals surface area contributed by atoms with Crippen LogP contribution in [0.5, 0.6) is 0 Å². The van der Waals surface area contributed by atoms with Gasteiger partial charge in [-0.1, -0.05) is 33.6 Å². The Balaban J connectivity index is 3.81. The van der Waals surface area contributed by atoms with E-state index >= 15 is 0 Å². The van der Waals surface area contributed by atoms with Crippen molar-refractivity contribution < 1.29 is 4.79 Å². The lowest BCUT2D eigenvalue weighted by Crippen LogP contribution is -2.34. The van der Waals surface area contributed by atoms with E-state index in [1.165, 1.54) is 0 Å². The van der Waals surface area contributed by atoms with Crippen molar-refractivity contribution in [1.29, 1.82) is 0 Å². The van der Waals surface area contributed by atoms with E-state index in [1.807, 2.05) is 0 Å². The lowest BCUT2D eigenvalue weighted by Gasteiger charge is -2.16. The van der Waals surface area contributed by atoms with Crippen LogP contribution in [0.1, 0.15) is 59.3 Å². The zero-order chi connectivity index (χ0) is 12.4. The van der Waals surface area contributed by atoms with E-state index in [1.54, 1.807) is 0 Å². The van der Waals surface area contributed by atoms with E-state index in [0.717, 1.165) is 45.1 Å². The molecule has 0 spiro atoms. The molecule has 1 amide bonds. The normalized spacial score (nSPS) is 12.8. The quantitative estimate of drug-likeness (QED) is 0.637. The summed E-state index contributed by atoms with van der Waals surface area (Å²) in [7, 11) is 0. The second kappa shape index (κ2) is 9.64. The third-order valence-corrected chi connectivity index (χ3v) is 2.98. The fourth-order valence-corrected chi connectivity index (χ4v) is 1.83. The number of nitrogens with two attached hydrogens (primary N) is 1. The fraction of sp³-hybridized carbons (Fsp3) is 0.923. The van der Waals surface area contributed by atoms with Gasteiger partial charge in [-0.15, -0.1) is 0 Å². The second-order valence-electron chi connectivity index (χ2n) is 4.52. The first-order valence-corrected chi connectivity index (χ1v) is 6.68. The van der Waals surface area contributed by atoms with E-state index in [2.05, 4.69) is 26.1 Å². The highest BCUT2D eigenvalue weighted by Gasteiger charge is 2.15. The molecular weight excluding hydrogens is 200 g/mol. The van der Waals surface area contributed by atoms with Crippen LogP contribution < -0.4 is 11.1 Å². The van der Waals surface area contributed by atoms with Crippen LogP contribution in [0.4, 0.5) is 0 Å². The van der Waals surface area contributed by atoms with Crippen molar-refractivity contribution in [3.63, 3.8) is 0 Å². The topological polar surface area (TPSA) is 55.1 Å². The number of amides is 1. The summed E-state index contributed by atoms with van der Waals surface area (Å²) in [5, 5.41) is 3.00. The molecule has 0 saturated heterocycles. The van der Waals surface area contributed by atoms with Crippen molar-refractivity contribution in [2.45, 2.75) is 65.3 Å². The van der Waals surface area contributed by atoms with Gasteiger partial charge in [0.2, 0.25) is 5.91 Å². The molecular formula is C13H28N2O. The van der Waals surface area contributed by atoms with E-state index in [-0.39, 0.29) is 17.9 Å². The number of hydrogen-bond acceptors (Lipinski definition) is 2. The first kappa shape index (κ1) is 15.4. The Morgan fingerprint density at radius 3 is 2.12 bits per heavy atom. The van der Waals surface area contributed by atoms with Gasteiger partial charge in [0.05, 0.1) is 0 Å². The zero-order valence-corrected chi connectivity index (χ0v) is 11.1. The Morgan fingerprint density at radius 2 is 1.69 bits per heavy atom. The van der Waals surface area contributed by atoms with E-state index in [0.29, 0.717) is 0 Å². The molecule has 1 unspecified atom stereocenters. The van der Waals surface area contributed by atoms with Gasteiger partial charge in [-0.05, 0) is 25.7 Å². The average molecular weight is 228 g/mol. The van der Waals surface area contributed by atoms with Crippen molar-refractivity contribution in [3.05, 3.63) is 0 Å². The van der Waals surface area contributed by atoms with Gasteiger partial charge < -0.3 is 11.1 Å². The second-order valence-corrected chi connectivity index (χ2v) is 4.52. The SMILES string of the molecule is CCCC(CCC)C(=O)NCCC(N)CC. The van der Waals surface area contributed by atoms with Gasteiger partial charge in [-0.2, -0.15) is 0 Å². The molecule has 3 nitrogen and oxygen atoms in total. The summed E-state index contributed by atoms with van der Waals surface area (Å²) in [5.74, 6) is 0.417. The van der Waals surface area contributed by atoms with Crippen LogP contribution in [-0.4, -0.2) is 18.5 Å². The average Bonchev–Trinajstić information content (AvgIpc) is 2.28. The number of carbonyl (C=O) groups is 1. The van der Waals surface area contributed by atoms with Crippen LogP contribution >= 0.6 is 0 Å². The van der Waals surface area contributed by atoms with Gasteiger partial charge in [0.25, 0.3) is 0 Å². The molecule has 0 aliphatic heterocycles. The van der Waals surface area contributed by atoms with Crippen molar-refractivity contribution in [2.75, 3.05) is 6.54 Å². The maximum Gasteiger partial charge on any atom is 0.223 e. The summed E-state index contributed by atoms with van der Waals surface area (Å²) in [6, 6.07) is 0.219. The molecule has 3 N–H and O–H groups in total. The van der Waals surface area contributed by atoms with Crippen molar-refractivity contribution in [3.8, 4) is 0 Å². The zero-order valence-electron chi connectivity index (χ0n) is 11.1. The molecule has 0 aromatic rings. The molecule has 0 radical (unpaired) electrons. The van der Waals surface area contributed by atoms with E-state index < -0.39 is 0 Å². The summed E-state index contributed by atoms with van der Waals surface area (Å²) in [4.78, 5) is 11.8. The lowest BCUT2D eigenvalue weighted by molar-refractivity contribution is -0.125. The Bertz CT molecular complexity index is 177. The van der Waals surface area contributed by atoms with Crippen molar-refractivity contribution in [1.82, 2.24) is 5.32 Å². The van der Waals surface area contributed by atoms with Crippen LogP contribution in [-0.2, 0) is 4.79 Å². The smallest absolute Gasteiger partial charge is 0.223 e. The minimum absolute atomic E-state index is 0.202. The van der Waals surface area contributed by atoms with Gasteiger partial charge >= 0.3 is 0 Å². The minimum atomic E-state index is 0.202. The fourth-order valence-electron chi connectivity index (χ4n) is 1.83. The molecule has 0 aliphatic carbocycles. The molecule has 0 aromatic carbocycles. The van der Waals surface area contributed by atoms with Crippen LogP contribution in [0.15, 0.2) is 0 Å². The van der Waals surface area contributed by atoms with Crippen LogP contribution in [0, 0.1) is 5.92 Å². The highest BCUT2D eigenvalue weighted by molar-refractivity contribution is 5.78. The predicted molar refractivity (Wildman–Crippen MR) is 69.2 cm³/mol. The van der Waals surface area contributed by atoms with Gasteiger partial charge in [-0.25, -0.2) is 0 Å². The van der Waals surface area contributed by atoms with Gasteiger partial charge in [-0.3, -0.25) is 4.79 Å². The van der Waals surface area contributed by atoms with Gasteiger partial charge in [0.1, 0.15) is 0 Å². The summed E-state index contributed by atoms with van der Waals surface area (Å²) in [5.41, 5.74) is 5.80. The number of nitrogens with one attached hydrogen (secondary N) is 1. The standard InChI is InChI=1S/C13H28N2O/c1-4-7-11(8-5-2)13(16)15-10-9-12(14)6-3/h11-12H,4-10,14H2,1-3H3,(H,15,16). The first-order chi connectivity index (χ1) is 7.65. The van der Waals surface area contributed by atoms with Crippen molar-refractivity contribution >= 4 is 5.91 Å². The third-order valence-electron chi connectivity index (χ3n) is 2.98. The monoisotopic (exact) mass is 228 g/mol. The largest absolute Gasteiger partial charge is 0.356 e. The summed E-state index contributed by atoms with van der Waals surface area (Å²) >= 11 is 0. The summed E-state index contributed by atoms with van der Waals surface area (Å²) in [6.45, 7) is 7.05. The molecule has 96 valence electrons. The molecule has 16 heavy (non-hydrogen) atoms.